The lowest BCUT2D eigenvalue weighted by Gasteiger charge is -2.10. The van der Waals surface area contributed by atoms with E-state index in [0.29, 0.717) is 0 Å². The van der Waals surface area contributed by atoms with E-state index in [0.717, 1.165) is 0 Å². The first-order chi connectivity index (χ1) is 8.50. The summed E-state index contributed by atoms with van der Waals surface area (Å²) < 4.78 is 52.6. The van der Waals surface area contributed by atoms with Gasteiger partial charge in [-0.2, -0.15) is 0 Å². The summed E-state index contributed by atoms with van der Waals surface area (Å²) in [7, 11) is 0. The Bertz CT molecular complexity index is 575. The number of nitrogens with one attached hydrogen (secondary N) is 1. The Kier molecular flexibility index (Phi) is 3.05. The van der Waals surface area contributed by atoms with Gasteiger partial charge >= 0.3 is 0 Å². The van der Waals surface area contributed by atoms with Crippen molar-refractivity contribution in [2.45, 2.75) is 0 Å². The topological polar surface area (TPSA) is 50.9 Å². The third-order valence-electron chi connectivity index (χ3n) is 2.19. The zero-order chi connectivity index (χ0) is 13.3. The summed E-state index contributed by atoms with van der Waals surface area (Å²) in [5.74, 6) is -6.20. The molecule has 2 aromatic rings. The molecule has 0 aliphatic heterocycles. The predicted molar refractivity (Wildman–Crippen MR) is 58.2 cm³/mol. The molecular weight excluding hydrogens is 250 g/mol. The Morgan fingerprint density at radius 3 is 2.22 bits per heavy atom. The van der Waals surface area contributed by atoms with E-state index in [-0.39, 0.29) is 17.6 Å². The van der Waals surface area contributed by atoms with Gasteiger partial charge < -0.3 is 11.1 Å². The molecule has 0 bridgehead atoms. The Morgan fingerprint density at radius 2 is 1.67 bits per heavy atom. The quantitative estimate of drug-likeness (QED) is 0.642. The van der Waals surface area contributed by atoms with Crippen molar-refractivity contribution in [1.82, 2.24) is 4.98 Å². The van der Waals surface area contributed by atoms with Gasteiger partial charge in [0.2, 0.25) is 0 Å². The number of nitrogens with two attached hydrogens (primary N) is 1. The van der Waals surface area contributed by atoms with Crippen molar-refractivity contribution in [3.63, 3.8) is 0 Å². The Balaban J connectivity index is 2.50. The van der Waals surface area contributed by atoms with Crippen LogP contribution in [0.1, 0.15) is 0 Å². The molecule has 0 aliphatic rings. The maximum Gasteiger partial charge on any atom is 0.185 e. The van der Waals surface area contributed by atoms with Gasteiger partial charge in [-0.25, -0.2) is 22.5 Å². The molecule has 7 heteroatoms. The molecule has 0 unspecified atom stereocenters. The molecule has 0 aliphatic carbocycles. The highest BCUT2D eigenvalue weighted by atomic mass is 19.2. The van der Waals surface area contributed by atoms with Crippen molar-refractivity contribution in [2.75, 3.05) is 11.1 Å². The number of benzene rings is 1. The van der Waals surface area contributed by atoms with Gasteiger partial charge in [-0.3, -0.25) is 0 Å². The molecule has 3 nitrogen and oxygen atoms in total. The number of hydrogen-bond donors (Lipinski definition) is 2. The molecule has 0 atom stereocenters. The van der Waals surface area contributed by atoms with E-state index in [1.54, 1.807) is 0 Å². The molecule has 0 saturated carbocycles. The minimum absolute atomic E-state index is 0.0842. The second-order valence-electron chi connectivity index (χ2n) is 3.41. The number of nitrogens with zero attached hydrogens (tertiary/aromatic N) is 1. The maximum atomic E-state index is 13.3. The Hall–Kier alpha value is -2.31. The lowest BCUT2D eigenvalue weighted by atomic mass is 10.2. The molecule has 3 N–H and O–H groups in total. The van der Waals surface area contributed by atoms with Crippen molar-refractivity contribution < 1.29 is 17.6 Å². The average molecular weight is 257 g/mol. The van der Waals surface area contributed by atoms with Gasteiger partial charge in [0.25, 0.3) is 0 Å². The first-order valence-electron chi connectivity index (χ1n) is 4.81. The number of anilines is 3. The van der Waals surface area contributed by atoms with Crippen molar-refractivity contribution in [1.29, 1.82) is 0 Å². The fourth-order valence-electron chi connectivity index (χ4n) is 1.32. The van der Waals surface area contributed by atoms with Crippen LogP contribution < -0.4 is 11.1 Å². The summed E-state index contributed by atoms with van der Waals surface area (Å²) in [5, 5.41) is 2.12. The van der Waals surface area contributed by atoms with Crippen LogP contribution in [0.25, 0.3) is 0 Å². The van der Waals surface area contributed by atoms with Crippen LogP contribution in [0.3, 0.4) is 0 Å². The van der Waals surface area contributed by atoms with Gasteiger partial charge in [-0.15, -0.1) is 0 Å². The van der Waals surface area contributed by atoms with Gasteiger partial charge in [0.15, 0.2) is 29.1 Å². The highest BCUT2D eigenvalue weighted by Crippen LogP contribution is 2.28. The zero-order valence-corrected chi connectivity index (χ0v) is 8.85. The first-order valence-corrected chi connectivity index (χ1v) is 4.81. The van der Waals surface area contributed by atoms with Crippen LogP contribution in [-0.4, -0.2) is 4.98 Å². The molecule has 1 heterocycles. The number of rotatable bonds is 2. The van der Waals surface area contributed by atoms with Crippen LogP contribution in [0.2, 0.25) is 0 Å². The number of nitrogen functional groups attached to an aromatic ring is 1. The largest absolute Gasteiger partial charge is 0.396 e. The molecule has 0 saturated heterocycles. The molecule has 1 aromatic carbocycles. The fourth-order valence-corrected chi connectivity index (χ4v) is 1.32. The third kappa shape index (κ3) is 2.06. The highest BCUT2D eigenvalue weighted by Gasteiger charge is 2.19. The standard InChI is InChI=1S/C11H7F4N3/c12-5-4-6(13)9(15)10(8(5)14)18-11-7(16)2-1-3-17-11/h1-4H,16H2,(H,17,18). The summed E-state index contributed by atoms with van der Waals surface area (Å²) in [6.45, 7) is 0. The summed E-state index contributed by atoms with van der Waals surface area (Å²) >= 11 is 0. The molecule has 0 radical (unpaired) electrons. The SMILES string of the molecule is Nc1cccnc1Nc1c(F)c(F)cc(F)c1F. The summed E-state index contributed by atoms with van der Waals surface area (Å²) in [6, 6.07) is 3.04. The third-order valence-corrected chi connectivity index (χ3v) is 2.19. The second kappa shape index (κ2) is 4.52. The van der Waals surface area contributed by atoms with Crippen molar-refractivity contribution >= 4 is 17.2 Å². The van der Waals surface area contributed by atoms with Crippen molar-refractivity contribution in [3.8, 4) is 0 Å². The monoisotopic (exact) mass is 257 g/mol. The minimum Gasteiger partial charge on any atom is -0.396 e. The molecule has 94 valence electrons. The smallest absolute Gasteiger partial charge is 0.185 e. The zero-order valence-electron chi connectivity index (χ0n) is 8.85. The molecule has 0 spiro atoms. The van der Waals surface area contributed by atoms with Crippen LogP contribution in [0.4, 0.5) is 34.8 Å². The number of hydrogen-bond acceptors (Lipinski definition) is 3. The minimum atomic E-state index is -1.54. The summed E-state index contributed by atoms with van der Waals surface area (Å²) in [6.07, 6.45) is 1.31. The van der Waals surface area contributed by atoms with Gasteiger partial charge in [0.1, 0.15) is 5.69 Å². The Labute approximate surface area is 99.3 Å². The second-order valence-corrected chi connectivity index (χ2v) is 3.41. The van der Waals surface area contributed by atoms with Crippen molar-refractivity contribution in [3.05, 3.63) is 47.7 Å². The number of halogens is 4. The lowest BCUT2D eigenvalue weighted by Crippen LogP contribution is -2.05. The molecule has 1 aromatic heterocycles. The van der Waals surface area contributed by atoms with E-state index in [1.807, 2.05) is 0 Å². The van der Waals surface area contributed by atoms with Crippen LogP contribution in [0, 0.1) is 23.3 Å². The van der Waals surface area contributed by atoms with E-state index < -0.39 is 29.0 Å². The van der Waals surface area contributed by atoms with E-state index >= 15 is 0 Å². The van der Waals surface area contributed by atoms with Gasteiger partial charge in [-0.1, -0.05) is 0 Å². The number of pyridine rings is 1. The van der Waals surface area contributed by atoms with Crippen molar-refractivity contribution in [2.24, 2.45) is 0 Å². The molecular formula is C11H7F4N3. The summed E-state index contributed by atoms with van der Waals surface area (Å²) in [4.78, 5) is 3.70. The molecule has 18 heavy (non-hydrogen) atoms. The van der Waals surface area contributed by atoms with E-state index in [9.17, 15) is 17.6 Å². The van der Waals surface area contributed by atoms with E-state index in [1.165, 1.54) is 18.3 Å². The van der Waals surface area contributed by atoms with Gasteiger partial charge in [0, 0.05) is 12.3 Å². The van der Waals surface area contributed by atoms with Gasteiger partial charge in [0.05, 0.1) is 5.69 Å². The predicted octanol–water partition coefficient (Wildman–Crippen LogP) is 2.96. The highest BCUT2D eigenvalue weighted by molar-refractivity contribution is 5.68. The van der Waals surface area contributed by atoms with E-state index in [2.05, 4.69) is 10.3 Å². The Morgan fingerprint density at radius 1 is 1.06 bits per heavy atom. The van der Waals surface area contributed by atoms with Crippen LogP contribution in [-0.2, 0) is 0 Å². The van der Waals surface area contributed by atoms with Gasteiger partial charge in [-0.05, 0) is 12.1 Å². The van der Waals surface area contributed by atoms with E-state index in [4.69, 9.17) is 5.73 Å². The molecule has 0 fully saturated rings. The fraction of sp³-hybridized carbons (Fsp3) is 0. The number of aromatic nitrogens is 1. The normalized spacial score (nSPS) is 10.4. The average Bonchev–Trinajstić information content (AvgIpc) is 2.34. The van der Waals surface area contributed by atoms with Crippen LogP contribution in [0.15, 0.2) is 24.4 Å². The molecule has 2 rings (SSSR count). The van der Waals surface area contributed by atoms with Crippen LogP contribution >= 0.6 is 0 Å². The lowest BCUT2D eigenvalue weighted by molar-refractivity contribution is 0.459. The summed E-state index contributed by atoms with van der Waals surface area (Å²) in [5.41, 5.74) is 4.60. The first kappa shape index (κ1) is 12.2. The molecule has 0 amide bonds. The maximum absolute atomic E-state index is 13.3. The van der Waals surface area contributed by atoms with Crippen LogP contribution in [0.5, 0.6) is 0 Å².